The SMILES string of the molecule is Cl.[2H]C([2H])([2H])C([2H])([2H])N1CCCC1CNC(=O)c1cc(S(=O)(=O)CC)c(N)cc1OC. The second kappa shape index (κ2) is 9.43. The van der Waals surface area contributed by atoms with Gasteiger partial charge in [-0.2, -0.15) is 0 Å². The zero-order valence-corrected chi connectivity index (χ0v) is 16.4. The topological polar surface area (TPSA) is 102 Å². The first kappa shape index (κ1) is 15.5. The van der Waals surface area contributed by atoms with Crippen LogP contribution < -0.4 is 15.8 Å². The number of nitrogens with zero attached hydrogens (tertiary/aromatic N) is 1. The van der Waals surface area contributed by atoms with Gasteiger partial charge < -0.3 is 15.8 Å². The van der Waals surface area contributed by atoms with Gasteiger partial charge in [-0.1, -0.05) is 13.8 Å². The molecule has 1 aromatic carbocycles. The molecule has 7 nitrogen and oxygen atoms in total. The Hall–Kier alpha value is -1.51. The quantitative estimate of drug-likeness (QED) is 0.663. The molecule has 1 unspecified atom stereocenters. The van der Waals surface area contributed by atoms with Crippen molar-refractivity contribution < 1.29 is 24.8 Å². The number of halogens is 1. The molecule has 0 aliphatic carbocycles. The Bertz CT molecular complexity index is 912. The van der Waals surface area contributed by atoms with Crippen LogP contribution in [0.4, 0.5) is 5.69 Å². The van der Waals surface area contributed by atoms with Gasteiger partial charge in [0, 0.05) is 25.5 Å². The molecule has 1 heterocycles. The molecule has 0 bridgehead atoms. The number of ether oxygens (including phenoxy) is 1. The number of carbonyl (C=O) groups excluding carboxylic acids is 1. The lowest BCUT2D eigenvalue weighted by Crippen LogP contribution is -2.40. The van der Waals surface area contributed by atoms with E-state index in [2.05, 4.69) is 5.32 Å². The number of carbonyl (C=O) groups is 1. The number of anilines is 1. The number of likely N-dealkylation sites (tertiary alicyclic amines) is 1. The van der Waals surface area contributed by atoms with Crippen molar-refractivity contribution in [2.24, 2.45) is 0 Å². The number of nitrogen functional groups attached to an aromatic ring is 1. The average Bonchev–Trinajstić information content (AvgIpc) is 3.14. The largest absolute Gasteiger partial charge is 0.496 e. The highest BCUT2D eigenvalue weighted by Gasteiger charge is 2.25. The van der Waals surface area contributed by atoms with Crippen molar-refractivity contribution >= 4 is 33.8 Å². The minimum Gasteiger partial charge on any atom is -0.496 e. The number of likely N-dealkylation sites (N-methyl/N-ethyl adjacent to an activating group) is 1. The van der Waals surface area contributed by atoms with Gasteiger partial charge in [0.15, 0.2) is 9.84 Å². The molecule has 1 aliphatic rings. The maximum absolute atomic E-state index is 12.8. The van der Waals surface area contributed by atoms with Gasteiger partial charge in [-0.25, -0.2) is 8.42 Å². The Kier molecular flexibility index (Phi) is 5.64. The first-order valence-electron chi connectivity index (χ1n) is 10.5. The minimum absolute atomic E-state index is 0. The van der Waals surface area contributed by atoms with E-state index in [0.29, 0.717) is 12.8 Å². The van der Waals surface area contributed by atoms with Gasteiger partial charge in [0.05, 0.1) is 29.0 Å². The molecule has 1 amide bonds. The maximum Gasteiger partial charge on any atom is 0.255 e. The zero-order valence-electron chi connectivity index (χ0n) is 19.7. The fourth-order valence-electron chi connectivity index (χ4n) is 2.85. The highest BCUT2D eigenvalue weighted by molar-refractivity contribution is 7.91. The molecule has 0 spiro atoms. The Morgan fingerprint density at radius 3 is 2.88 bits per heavy atom. The van der Waals surface area contributed by atoms with Crippen molar-refractivity contribution in [3.8, 4) is 5.75 Å². The lowest BCUT2D eigenvalue weighted by atomic mass is 10.1. The third kappa shape index (κ3) is 4.81. The van der Waals surface area contributed by atoms with Crippen LogP contribution in [0.15, 0.2) is 17.0 Å². The Labute approximate surface area is 168 Å². The highest BCUT2D eigenvalue weighted by atomic mass is 35.5. The van der Waals surface area contributed by atoms with Crippen molar-refractivity contribution in [2.75, 3.05) is 38.2 Å². The maximum atomic E-state index is 12.8. The fourth-order valence-corrected chi connectivity index (χ4v) is 3.87. The van der Waals surface area contributed by atoms with E-state index in [-0.39, 0.29) is 53.1 Å². The number of sulfone groups is 1. The average molecular weight is 411 g/mol. The summed E-state index contributed by atoms with van der Waals surface area (Å²) in [5.74, 6) is -0.715. The predicted molar refractivity (Wildman–Crippen MR) is 105 cm³/mol. The standard InChI is InChI=1S/C17H27N3O4S.ClH/c1-4-20-8-6-7-12(20)11-19-17(21)13-9-16(25(22,23)5-2)14(18)10-15(13)24-3;/h9-10,12H,4-8,11,18H2,1-3H3,(H,19,21);1H/i1D3,4D2;. The Balaban J connectivity index is 0.00000480. The second-order valence-corrected chi connectivity index (χ2v) is 8.05. The van der Waals surface area contributed by atoms with Gasteiger partial charge in [0.1, 0.15) is 5.75 Å². The molecule has 0 aromatic heterocycles. The van der Waals surface area contributed by atoms with Gasteiger partial charge in [0.2, 0.25) is 0 Å². The van der Waals surface area contributed by atoms with E-state index < -0.39 is 35.1 Å². The van der Waals surface area contributed by atoms with Gasteiger partial charge in [-0.3, -0.25) is 9.69 Å². The first-order chi connectivity index (χ1) is 13.8. The van der Waals surface area contributed by atoms with Crippen LogP contribution >= 0.6 is 12.4 Å². The van der Waals surface area contributed by atoms with Gasteiger partial charge in [0.25, 0.3) is 5.91 Å². The Morgan fingerprint density at radius 2 is 2.27 bits per heavy atom. The molecule has 148 valence electrons. The van der Waals surface area contributed by atoms with Crippen LogP contribution in [0.3, 0.4) is 0 Å². The summed E-state index contributed by atoms with van der Waals surface area (Å²) in [5, 5.41) is 2.64. The summed E-state index contributed by atoms with van der Waals surface area (Å²) in [6, 6.07) is 1.92. The smallest absolute Gasteiger partial charge is 0.255 e. The number of nitrogens with two attached hydrogens (primary N) is 1. The van der Waals surface area contributed by atoms with Gasteiger partial charge >= 0.3 is 0 Å². The van der Waals surface area contributed by atoms with E-state index in [1.54, 1.807) is 0 Å². The molecule has 0 radical (unpaired) electrons. The molecule has 2 rings (SSSR count). The van der Waals surface area contributed by atoms with E-state index >= 15 is 0 Å². The van der Waals surface area contributed by atoms with Crippen molar-refractivity contribution in [2.45, 2.75) is 37.6 Å². The highest BCUT2D eigenvalue weighted by Crippen LogP contribution is 2.29. The van der Waals surface area contributed by atoms with E-state index in [1.165, 1.54) is 25.0 Å². The monoisotopic (exact) mass is 410 g/mol. The molecule has 1 aromatic rings. The molecule has 26 heavy (non-hydrogen) atoms. The lowest BCUT2D eigenvalue weighted by molar-refractivity contribution is 0.0938. The second-order valence-electron chi connectivity index (χ2n) is 5.81. The number of benzene rings is 1. The number of rotatable bonds is 7. The summed E-state index contributed by atoms with van der Waals surface area (Å²) in [5.41, 5.74) is 5.76. The molecule has 9 heteroatoms. The summed E-state index contributed by atoms with van der Waals surface area (Å²) in [6.45, 7) is -3.64. The van der Waals surface area contributed by atoms with Crippen LogP contribution in [0.25, 0.3) is 0 Å². The molecule has 1 saturated heterocycles. The number of hydrogen-bond donors (Lipinski definition) is 2. The number of hydrogen-bond acceptors (Lipinski definition) is 6. The number of amides is 1. The molecular weight excluding hydrogens is 378 g/mol. The van der Waals surface area contributed by atoms with E-state index in [9.17, 15) is 13.2 Å². The first-order valence-corrected chi connectivity index (χ1v) is 9.66. The molecule has 1 aliphatic heterocycles. The number of nitrogens with one attached hydrogen (secondary N) is 1. The summed E-state index contributed by atoms with van der Waals surface area (Å²) in [4.78, 5) is 13.8. The molecule has 1 fully saturated rings. The van der Waals surface area contributed by atoms with Crippen molar-refractivity contribution in [1.82, 2.24) is 10.2 Å². The van der Waals surface area contributed by atoms with Crippen molar-refractivity contribution in [3.05, 3.63) is 17.7 Å². The summed E-state index contributed by atoms with van der Waals surface area (Å²) in [7, 11) is -2.34. The molecule has 0 saturated carbocycles. The molecule has 3 N–H and O–H groups in total. The summed E-state index contributed by atoms with van der Waals surface area (Å²) in [6.07, 6.45) is 1.12. The Morgan fingerprint density at radius 1 is 1.54 bits per heavy atom. The third-order valence-electron chi connectivity index (χ3n) is 4.31. The van der Waals surface area contributed by atoms with Crippen molar-refractivity contribution in [3.63, 3.8) is 0 Å². The van der Waals surface area contributed by atoms with E-state index in [4.69, 9.17) is 17.3 Å². The summed E-state index contributed by atoms with van der Waals surface area (Å²) >= 11 is 0. The fraction of sp³-hybridized carbons (Fsp3) is 0.588. The van der Waals surface area contributed by atoms with Crippen molar-refractivity contribution in [1.29, 1.82) is 0 Å². The van der Waals surface area contributed by atoms with Gasteiger partial charge in [-0.15, -0.1) is 12.4 Å². The van der Waals surface area contributed by atoms with Gasteiger partial charge in [-0.05, 0) is 31.9 Å². The lowest BCUT2D eigenvalue weighted by Gasteiger charge is -2.23. The summed E-state index contributed by atoms with van der Waals surface area (Å²) < 4.78 is 68.0. The number of methoxy groups -OCH3 is 1. The normalized spacial score (nSPS) is 21.5. The van der Waals surface area contributed by atoms with Crippen LogP contribution in [-0.4, -0.2) is 57.7 Å². The van der Waals surface area contributed by atoms with Crippen LogP contribution in [0.2, 0.25) is 0 Å². The van der Waals surface area contributed by atoms with E-state index in [1.807, 2.05) is 0 Å². The third-order valence-corrected chi connectivity index (χ3v) is 6.09. The zero-order chi connectivity index (χ0) is 22.9. The van der Waals surface area contributed by atoms with Crippen LogP contribution in [0.5, 0.6) is 5.75 Å². The molecular formula is C17H28ClN3O4S. The van der Waals surface area contributed by atoms with Crippen LogP contribution in [-0.2, 0) is 9.84 Å². The molecule has 1 atom stereocenters. The predicted octanol–water partition coefficient (Wildman–Crippen LogP) is 1.71. The van der Waals surface area contributed by atoms with Crippen LogP contribution in [0, 0.1) is 0 Å². The van der Waals surface area contributed by atoms with Crippen LogP contribution in [0.1, 0.15) is 43.8 Å². The van der Waals surface area contributed by atoms with E-state index in [0.717, 1.165) is 6.07 Å². The minimum atomic E-state index is -3.67.